The van der Waals surface area contributed by atoms with Crippen molar-refractivity contribution in [3.05, 3.63) is 56.5 Å². The fourth-order valence-electron chi connectivity index (χ4n) is 1.66. The monoisotopic (exact) mass is 348 g/mol. The minimum absolute atomic E-state index is 0.159. The fraction of sp³-hybridized carbons (Fsp3) is 0.0714. The fourth-order valence-corrected chi connectivity index (χ4v) is 2.12. The number of benzene rings is 2. The van der Waals surface area contributed by atoms with Gasteiger partial charge >= 0.3 is 5.69 Å². The number of hydrogen-bond donors (Lipinski definition) is 0. The standard InChI is InChI=1S/C14H9BrN2O4/c1-20-14-5-3-10(7-12(14)17(18)19)21-13-4-2-9(8-16)6-11(13)15/h2-7H,1H3. The van der Waals surface area contributed by atoms with Gasteiger partial charge in [-0.15, -0.1) is 0 Å². The van der Waals surface area contributed by atoms with Crippen LogP contribution >= 0.6 is 15.9 Å². The van der Waals surface area contributed by atoms with Gasteiger partial charge in [-0.05, 0) is 46.3 Å². The van der Waals surface area contributed by atoms with Crippen molar-refractivity contribution in [1.29, 1.82) is 5.26 Å². The summed E-state index contributed by atoms with van der Waals surface area (Å²) in [6.45, 7) is 0. The summed E-state index contributed by atoms with van der Waals surface area (Å²) in [7, 11) is 1.36. The van der Waals surface area contributed by atoms with Crippen molar-refractivity contribution in [2.24, 2.45) is 0 Å². The minimum Gasteiger partial charge on any atom is -0.490 e. The number of nitriles is 1. The van der Waals surface area contributed by atoms with Gasteiger partial charge in [0.25, 0.3) is 0 Å². The Bertz CT molecular complexity index is 740. The van der Waals surface area contributed by atoms with Crippen LogP contribution in [0.4, 0.5) is 5.69 Å². The second kappa shape index (κ2) is 6.24. The molecule has 0 saturated heterocycles. The van der Waals surface area contributed by atoms with Gasteiger partial charge in [-0.2, -0.15) is 5.26 Å². The topological polar surface area (TPSA) is 85.4 Å². The molecule has 2 rings (SSSR count). The number of halogens is 1. The third-order valence-corrected chi connectivity index (χ3v) is 3.26. The highest BCUT2D eigenvalue weighted by atomic mass is 79.9. The van der Waals surface area contributed by atoms with Gasteiger partial charge in [-0.1, -0.05) is 0 Å². The zero-order valence-electron chi connectivity index (χ0n) is 10.9. The second-order valence-corrected chi connectivity index (χ2v) is 4.80. The third kappa shape index (κ3) is 3.30. The molecule has 2 aromatic carbocycles. The molecular formula is C14H9BrN2O4. The molecule has 0 unspecified atom stereocenters. The van der Waals surface area contributed by atoms with E-state index in [9.17, 15) is 10.1 Å². The molecule has 0 bridgehead atoms. The van der Waals surface area contributed by atoms with Crippen LogP contribution in [0.1, 0.15) is 5.56 Å². The van der Waals surface area contributed by atoms with Crippen molar-refractivity contribution in [3.63, 3.8) is 0 Å². The lowest BCUT2D eigenvalue weighted by molar-refractivity contribution is -0.385. The van der Waals surface area contributed by atoms with E-state index in [1.807, 2.05) is 6.07 Å². The van der Waals surface area contributed by atoms with Crippen molar-refractivity contribution in [1.82, 2.24) is 0 Å². The van der Waals surface area contributed by atoms with E-state index in [4.69, 9.17) is 14.7 Å². The Balaban J connectivity index is 2.34. The number of ether oxygens (including phenoxy) is 2. The van der Waals surface area contributed by atoms with Gasteiger partial charge in [0.15, 0.2) is 5.75 Å². The van der Waals surface area contributed by atoms with E-state index in [-0.39, 0.29) is 11.4 Å². The summed E-state index contributed by atoms with van der Waals surface area (Å²) in [6.07, 6.45) is 0. The number of nitro benzene ring substituents is 1. The van der Waals surface area contributed by atoms with Crippen LogP contribution in [0.5, 0.6) is 17.2 Å². The highest BCUT2D eigenvalue weighted by Crippen LogP contribution is 2.35. The highest BCUT2D eigenvalue weighted by Gasteiger charge is 2.16. The molecule has 0 aliphatic rings. The van der Waals surface area contributed by atoms with Gasteiger partial charge in [-0.25, -0.2) is 0 Å². The van der Waals surface area contributed by atoms with Crippen LogP contribution in [0.2, 0.25) is 0 Å². The van der Waals surface area contributed by atoms with Crippen molar-refractivity contribution >= 4 is 21.6 Å². The molecule has 0 saturated carbocycles. The number of nitrogens with zero attached hydrogens (tertiary/aromatic N) is 2. The molecule has 106 valence electrons. The lowest BCUT2D eigenvalue weighted by atomic mass is 10.2. The average Bonchev–Trinajstić information content (AvgIpc) is 2.49. The van der Waals surface area contributed by atoms with Crippen LogP contribution in [0.25, 0.3) is 0 Å². The summed E-state index contributed by atoms with van der Waals surface area (Å²) < 4.78 is 11.1. The van der Waals surface area contributed by atoms with Crippen molar-refractivity contribution in [2.45, 2.75) is 0 Å². The Kier molecular flexibility index (Phi) is 4.40. The van der Waals surface area contributed by atoms with Crippen LogP contribution in [-0.2, 0) is 0 Å². The first kappa shape index (κ1) is 14.8. The largest absolute Gasteiger partial charge is 0.490 e. The zero-order valence-corrected chi connectivity index (χ0v) is 12.5. The molecule has 0 radical (unpaired) electrons. The summed E-state index contributed by atoms with van der Waals surface area (Å²) in [4.78, 5) is 10.4. The van der Waals surface area contributed by atoms with E-state index in [1.165, 1.54) is 19.2 Å². The molecule has 7 heteroatoms. The van der Waals surface area contributed by atoms with Crippen LogP contribution in [0.3, 0.4) is 0 Å². The SMILES string of the molecule is COc1ccc(Oc2ccc(C#N)cc2Br)cc1[N+](=O)[O-]. The van der Waals surface area contributed by atoms with Crippen molar-refractivity contribution < 1.29 is 14.4 Å². The molecule has 0 amide bonds. The molecule has 0 aliphatic carbocycles. The quantitative estimate of drug-likeness (QED) is 0.614. The van der Waals surface area contributed by atoms with E-state index in [0.29, 0.717) is 21.5 Å². The van der Waals surface area contributed by atoms with Crippen molar-refractivity contribution in [3.8, 4) is 23.3 Å². The van der Waals surface area contributed by atoms with Gasteiger partial charge in [0.05, 0.1) is 34.2 Å². The lowest BCUT2D eigenvalue weighted by Gasteiger charge is -2.09. The Labute approximate surface area is 128 Å². The summed E-state index contributed by atoms with van der Waals surface area (Å²) in [5.41, 5.74) is 0.301. The third-order valence-electron chi connectivity index (χ3n) is 2.64. The normalized spacial score (nSPS) is 9.76. The molecular weight excluding hydrogens is 340 g/mol. The first-order chi connectivity index (χ1) is 10.0. The molecule has 21 heavy (non-hydrogen) atoms. The Morgan fingerprint density at radius 2 is 1.95 bits per heavy atom. The molecule has 0 spiro atoms. The van der Waals surface area contributed by atoms with Crippen LogP contribution in [-0.4, -0.2) is 12.0 Å². The summed E-state index contributed by atoms with van der Waals surface area (Å²) in [5.74, 6) is 0.910. The molecule has 2 aromatic rings. The van der Waals surface area contributed by atoms with Crippen LogP contribution in [0.15, 0.2) is 40.9 Å². The molecule has 0 heterocycles. The van der Waals surface area contributed by atoms with Crippen molar-refractivity contribution in [2.75, 3.05) is 7.11 Å². The highest BCUT2D eigenvalue weighted by molar-refractivity contribution is 9.10. The van der Waals surface area contributed by atoms with Crippen LogP contribution in [0, 0.1) is 21.4 Å². The number of hydrogen-bond acceptors (Lipinski definition) is 5. The minimum atomic E-state index is -0.542. The van der Waals surface area contributed by atoms with E-state index < -0.39 is 4.92 Å². The summed E-state index contributed by atoms with van der Waals surface area (Å²) in [6, 6.07) is 11.1. The zero-order chi connectivity index (χ0) is 15.4. The Hall–Kier alpha value is -2.59. The van der Waals surface area contributed by atoms with E-state index in [1.54, 1.807) is 24.3 Å². The maximum atomic E-state index is 11.0. The summed E-state index contributed by atoms with van der Waals surface area (Å²) in [5, 5.41) is 19.8. The average molecular weight is 349 g/mol. The predicted molar refractivity (Wildman–Crippen MR) is 78.6 cm³/mol. The summed E-state index contributed by atoms with van der Waals surface area (Å²) >= 11 is 3.29. The molecule has 6 nitrogen and oxygen atoms in total. The van der Waals surface area contributed by atoms with Gasteiger partial charge in [0.2, 0.25) is 0 Å². The lowest BCUT2D eigenvalue weighted by Crippen LogP contribution is -1.94. The Morgan fingerprint density at radius 1 is 1.24 bits per heavy atom. The number of nitro groups is 1. The number of rotatable bonds is 4. The first-order valence-electron chi connectivity index (χ1n) is 5.75. The van der Waals surface area contributed by atoms with E-state index in [0.717, 1.165) is 0 Å². The Morgan fingerprint density at radius 3 is 2.52 bits per heavy atom. The van der Waals surface area contributed by atoms with E-state index >= 15 is 0 Å². The molecule has 0 aliphatic heterocycles. The maximum absolute atomic E-state index is 11.0. The first-order valence-corrected chi connectivity index (χ1v) is 6.54. The maximum Gasteiger partial charge on any atom is 0.314 e. The predicted octanol–water partition coefficient (Wildman–Crippen LogP) is 4.03. The van der Waals surface area contributed by atoms with Crippen LogP contribution < -0.4 is 9.47 Å². The molecule has 0 fully saturated rings. The van der Waals surface area contributed by atoms with Gasteiger partial charge in [0.1, 0.15) is 11.5 Å². The molecule has 0 N–H and O–H groups in total. The van der Waals surface area contributed by atoms with Gasteiger partial charge in [0, 0.05) is 0 Å². The smallest absolute Gasteiger partial charge is 0.314 e. The van der Waals surface area contributed by atoms with Gasteiger partial charge in [-0.3, -0.25) is 10.1 Å². The van der Waals surface area contributed by atoms with E-state index in [2.05, 4.69) is 15.9 Å². The van der Waals surface area contributed by atoms with Gasteiger partial charge < -0.3 is 9.47 Å². The molecule has 0 atom stereocenters. The number of methoxy groups -OCH3 is 1. The second-order valence-electron chi connectivity index (χ2n) is 3.95. The molecule has 0 aromatic heterocycles.